The highest BCUT2D eigenvalue weighted by Crippen LogP contribution is 2.35. The van der Waals surface area contributed by atoms with E-state index in [-0.39, 0.29) is 5.25 Å². The van der Waals surface area contributed by atoms with Crippen molar-refractivity contribution in [2.75, 3.05) is 0 Å². The number of nitrogens with zero attached hydrogens (tertiary/aromatic N) is 2. The van der Waals surface area contributed by atoms with E-state index in [4.69, 9.17) is 8.94 Å². The summed E-state index contributed by atoms with van der Waals surface area (Å²) >= 11 is 1.30. The van der Waals surface area contributed by atoms with Crippen LogP contribution in [0.5, 0.6) is 0 Å². The van der Waals surface area contributed by atoms with E-state index < -0.39 is 11.6 Å². The number of benzene rings is 1. The summed E-state index contributed by atoms with van der Waals surface area (Å²) < 4.78 is 36.4. The van der Waals surface area contributed by atoms with Crippen LogP contribution in [0.3, 0.4) is 0 Å². The Balaban J connectivity index is 1.76. The summed E-state index contributed by atoms with van der Waals surface area (Å²) in [7, 11) is 0. The second-order valence-electron chi connectivity index (χ2n) is 4.27. The third kappa shape index (κ3) is 2.97. The summed E-state index contributed by atoms with van der Waals surface area (Å²) in [5, 5.41) is 3.62. The molecule has 2 heterocycles. The maximum absolute atomic E-state index is 13.2. The minimum Gasteiger partial charge on any atom is -0.461 e. The van der Waals surface area contributed by atoms with E-state index in [1.165, 1.54) is 24.1 Å². The molecule has 0 radical (unpaired) electrons. The average Bonchev–Trinajstić information content (AvgIpc) is 3.12. The first kappa shape index (κ1) is 13.8. The molecule has 108 valence electrons. The van der Waals surface area contributed by atoms with Gasteiger partial charge in [0.1, 0.15) is 0 Å². The van der Waals surface area contributed by atoms with Crippen LogP contribution in [-0.2, 0) is 0 Å². The predicted octanol–water partition coefficient (Wildman–Crippen LogP) is 4.46. The smallest absolute Gasteiger partial charge is 0.240 e. The van der Waals surface area contributed by atoms with E-state index in [2.05, 4.69) is 10.1 Å². The molecule has 3 rings (SSSR count). The highest BCUT2D eigenvalue weighted by Gasteiger charge is 2.18. The fourth-order valence-electron chi connectivity index (χ4n) is 1.71. The molecule has 21 heavy (non-hydrogen) atoms. The van der Waals surface area contributed by atoms with E-state index in [1.54, 1.807) is 12.1 Å². The quantitative estimate of drug-likeness (QED) is 0.666. The average molecular weight is 308 g/mol. The molecule has 7 heteroatoms. The Kier molecular flexibility index (Phi) is 3.74. The van der Waals surface area contributed by atoms with Crippen LogP contribution in [0.2, 0.25) is 0 Å². The molecule has 0 spiro atoms. The van der Waals surface area contributed by atoms with Crippen molar-refractivity contribution in [1.82, 2.24) is 10.1 Å². The summed E-state index contributed by atoms with van der Waals surface area (Å²) in [5.74, 6) is -0.502. The van der Waals surface area contributed by atoms with Gasteiger partial charge in [-0.1, -0.05) is 5.16 Å². The van der Waals surface area contributed by atoms with Crippen molar-refractivity contribution in [3.8, 4) is 11.6 Å². The van der Waals surface area contributed by atoms with Gasteiger partial charge >= 0.3 is 0 Å². The maximum Gasteiger partial charge on any atom is 0.240 e. The van der Waals surface area contributed by atoms with Crippen molar-refractivity contribution in [2.24, 2.45) is 0 Å². The van der Waals surface area contributed by atoms with Gasteiger partial charge in [-0.15, -0.1) is 11.8 Å². The standard InChI is InChI=1S/C14H10F2N2O2S/c1-8(21-9-4-5-10(15)11(16)7-9)14-17-13(18-20-14)12-3-2-6-19-12/h2-8H,1H3/t8-/m0/s1. The highest BCUT2D eigenvalue weighted by molar-refractivity contribution is 7.99. The predicted molar refractivity (Wildman–Crippen MR) is 72.6 cm³/mol. The van der Waals surface area contributed by atoms with Gasteiger partial charge in [-0.2, -0.15) is 4.98 Å². The summed E-state index contributed by atoms with van der Waals surface area (Å²) in [5.41, 5.74) is 0. The van der Waals surface area contributed by atoms with Crippen LogP contribution in [0, 0.1) is 11.6 Å². The first-order valence-electron chi connectivity index (χ1n) is 6.12. The SMILES string of the molecule is C[C@H](Sc1ccc(F)c(F)c1)c1nc(-c2ccco2)no1. The Bertz CT molecular complexity index is 743. The number of rotatable bonds is 4. The first-order valence-corrected chi connectivity index (χ1v) is 7.00. The van der Waals surface area contributed by atoms with Crippen molar-refractivity contribution >= 4 is 11.8 Å². The van der Waals surface area contributed by atoms with Gasteiger partial charge in [-0.3, -0.25) is 0 Å². The Morgan fingerprint density at radius 3 is 2.76 bits per heavy atom. The molecular formula is C14H10F2N2O2S. The Morgan fingerprint density at radius 1 is 1.19 bits per heavy atom. The number of aromatic nitrogens is 2. The van der Waals surface area contributed by atoms with E-state index in [0.29, 0.717) is 22.4 Å². The molecule has 0 bridgehead atoms. The monoisotopic (exact) mass is 308 g/mol. The molecule has 0 aliphatic rings. The number of furan rings is 1. The van der Waals surface area contributed by atoms with E-state index in [0.717, 1.165) is 12.1 Å². The van der Waals surface area contributed by atoms with Crippen molar-refractivity contribution in [3.63, 3.8) is 0 Å². The Morgan fingerprint density at radius 2 is 2.05 bits per heavy atom. The van der Waals surface area contributed by atoms with Crippen molar-refractivity contribution in [2.45, 2.75) is 17.1 Å². The summed E-state index contributed by atoms with van der Waals surface area (Å²) in [6.07, 6.45) is 1.52. The topological polar surface area (TPSA) is 52.1 Å². The van der Waals surface area contributed by atoms with Crippen molar-refractivity contribution in [1.29, 1.82) is 0 Å². The van der Waals surface area contributed by atoms with Gasteiger partial charge in [-0.05, 0) is 37.3 Å². The van der Waals surface area contributed by atoms with Crippen LogP contribution in [0.1, 0.15) is 18.1 Å². The molecule has 2 aromatic heterocycles. The van der Waals surface area contributed by atoms with Gasteiger partial charge in [-0.25, -0.2) is 8.78 Å². The second-order valence-corrected chi connectivity index (χ2v) is 5.68. The number of halogens is 2. The molecule has 1 aromatic carbocycles. The molecule has 0 N–H and O–H groups in total. The number of hydrogen-bond acceptors (Lipinski definition) is 5. The fourth-order valence-corrected chi connectivity index (χ4v) is 2.63. The van der Waals surface area contributed by atoms with Gasteiger partial charge in [0.25, 0.3) is 0 Å². The molecule has 0 unspecified atom stereocenters. The van der Waals surface area contributed by atoms with Crippen LogP contribution in [0.25, 0.3) is 11.6 Å². The molecular weight excluding hydrogens is 298 g/mol. The molecule has 0 aliphatic carbocycles. The van der Waals surface area contributed by atoms with Crippen molar-refractivity contribution in [3.05, 3.63) is 54.1 Å². The lowest BCUT2D eigenvalue weighted by molar-refractivity contribution is 0.379. The van der Waals surface area contributed by atoms with E-state index >= 15 is 0 Å². The number of thioether (sulfide) groups is 1. The first-order chi connectivity index (χ1) is 10.1. The molecule has 3 aromatic rings. The van der Waals surface area contributed by atoms with Gasteiger partial charge in [0.2, 0.25) is 11.7 Å². The largest absolute Gasteiger partial charge is 0.461 e. The molecule has 0 fully saturated rings. The van der Waals surface area contributed by atoms with Crippen LogP contribution in [-0.4, -0.2) is 10.1 Å². The zero-order chi connectivity index (χ0) is 14.8. The molecule has 0 aliphatic heterocycles. The van der Waals surface area contributed by atoms with Crippen LogP contribution < -0.4 is 0 Å². The lowest BCUT2D eigenvalue weighted by Gasteiger charge is -2.06. The lowest BCUT2D eigenvalue weighted by atomic mass is 10.3. The number of hydrogen-bond donors (Lipinski definition) is 0. The third-order valence-electron chi connectivity index (χ3n) is 2.73. The van der Waals surface area contributed by atoms with Crippen LogP contribution >= 0.6 is 11.8 Å². The molecule has 4 nitrogen and oxygen atoms in total. The van der Waals surface area contributed by atoms with Gasteiger partial charge in [0.05, 0.1) is 11.5 Å². The van der Waals surface area contributed by atoms with Crippen LogP contribution in [0.15, 0.2) is 50.4 Å². The van der Waals surface area contributed by atoms with E-state index in [1.807, 2.05) is 6.92 Å². The summed E-state index contributed by atoms with van der Waals surface area (Å²) in [6, 6.07) is 7.18. The molecule has 0 amide bonds. The normalized spacial score (nSPS) is 12.5. The molecule has 0 saturated carbocycles. The minimum absolute atomic E-state index is 0.203. The van der Waals surface area contributed by atoms with Gasteiger partial charge in [0, 0.05) is 4.90 Å². The lowest BCUT2D eigenvalue weighted by Crippen LogP contribution is -1.90. The molecule has 1 atom stereocenters. The fraction of sp³-hybridized carbons (Fsp3) is 0.143. The molecule has 0 saturated heterocycles. The summed E-state index contributed by atoms with van der Waals surface area (Å²) in [4.78, 5) is 4.81. The van der Waals surface area contributed by atoms with Crippen LogP contribution in [0.4, 0.5) is 8.78 Å². The van der Waals surface area contributed by atoms with Gasteiger partial charge < -0.3 is 8.94 Å². The zero-order valence-electron chi connectivity index (χ0n) is 10.9. The van der Waals surface area contributed by atoms with E-state index in [9.17, 15) is 8.78 Å². The Hall–Kier alpha value is -2.15. The maximum atomic E-state index is 13.2. The summed E-state index contributed by atoms with van der Waals surface area (Å²) in [6.45, 7) is 1.84. The minimum atomic E-state index is -0.881. The second kappa shape index (κ2) is 5.69. The zero-order valence-corrected chi connectivity index (χ0v) is 11.7. The Labute approximate surface area is 123 Å². The van der Waals surface area contributed by atoms with Gasteiger partial charge in [0.15, 0.2) is 17.4 Å². The van der Waals surface area contributed by atoms with Crippen molar-refractivity contribution < 1.29 is 17.7 Å². The third-order valence-corrected chi connectivity index (χ3v) is 3.82. The highest BCUT2D eigenvalue weighted by atomic mass is 32.2.